The fraction of sp³-hybridized carbons (Fsp3) is 0.421. The topological polar surface area (TPSA) is 38.3 Å². The second-order valence-corrected chi connectivity index (χ2v) is 5.84. The van der Waals surface area contributed by atoms with Gasteiger partial charge in [0, 0.05) is 5.69 Å². The molecule has 2 aromatic rings. The highest BCUT2D eigenvalue weighted by Gasteiger charge is 2.20. The van der Waals surface area contributed by atoms with Crippen molar-refractivity contribution < 1.29 is 14.0 Å². The Kier molecular flexibility index (Phi) is 5.99. The zero-order chi connectivity index (χ0) is 16.7. The molecule has 0 atom stereocenters. The van der Waals surface area contributed by atoms with Crippen molar-refractivity contribution in [2.45, 2.75) is 20.8 Å². The van der Waals surface area contributed by atoms with Gasteiger partial charge in [0.15, 0.2) is 0 Å². The largest absolute Gasteiger partial charge is 0.443 e. The molecule has 23 heavy (non-hydrogen) atoms. The van der Waals surface area contributed by atoms with Crippen LogP contribution in [-0.2, 0) is 4.74 Å². The predicted octanol–water partition coefficient (Wildman–Crippen LogP) is 4.26. The van der Waals surface area contributed by atoms with Gasteiger partial charge in [-0.3, -0.25) is 5.32 Å². The summed E-state index contributed by atoms with van der Waals surface area (Å²) >= 11 is 0. The number of rotatable bonds is 7. The maximum atomic E-state index is 12.0. The molecule has 0 fully saturated rings. The number of quaternary nitrogens is 1. The van der Waals surface area contributed by atoms with Gasteiger partial charge >= 0.3 is 6.09 Å². The van der Waals surface area contributed by atoms with Crippen LogP contribution in [0, 0.1) is 0 Å². The molecule has 0 saturated heterocycles. The van der Waals surface area contributed by atoms with Gasteiger partial charge in [0.25, 0.3) is 0 Å². The molecule has 0 spiro atoms. The van der Waals surface area contributed by atoms with Crippen molar-refractivity contribution in [3.05, 3.63) is 42.5 Å². The Bertz CT molecular complexity index is 642. The van der Waals surface area contributed by atoms with Crippen molar-refractivity contribution in [2.75, 3.05) is 38.1 Å². The Morgan fingerprint density at radius 2 is 1.65 bits per heavy atom. The molecule has 2 rings (SSSR count). The molecule has 0 unspecified atom stereocenters. The Morgan fingerprint density at radius 1 is 1.00 bits per heavy atom. The first-order valence-electron chi connectivity index (χ1n) is 8.40. The van der Waals surface area contributed by atoms with Gasteiger partial charge in [0.1, 0.15) is 13.2 Å². The van der Waals surface area contributed by atoms with E-state index in [1.165, 1.54) is 0 Å². The number of benzene rings is 2. The van der Waals surface area contributed by atoms with E-state index in [1.807, 2.05) is 36.4 Å². The number of fused-ring (bicyclic) bond motifs is 1. The van der Waals surface area contributed by atoms with Crippen LogP contribution < -0.4 is 5.32 Å². The zero-order valence-corrected chi connectivity index (χ0v) is 14.3. The summed E-state index contributed by atoms with van der Waals surface area (Å²) in [7, 11) is 0. The lowest BCUT2D eigenvalue weighted by atomic mass is 10.1. The first-order valence-corrected chi connectivity index (χ1v) is 8.40. The fourth-order valence-electron chi connectivity index (χ4n) is 2.90. The summed E-state index contributed by atoms with van der Waals surface area (Å²) in [6.07, 6.45) is -0.387. The molecule has 0 radical (unpaired) electrons. The standard InChI is InChI=1S/C19H26N2O2/c1-4-21(5-2,6-3)13-14-23-19(22)20-18-12-11-16-9-7-8-10-17(16)15-18/h7-12,15H,4-6,13-14H2,1-3H3/p+1. The monoisotopic (exact) mass is 315 g/mol. The third kappa shape index (κ3) is 4.45. The molecule has 0 aliphatic rings. The lowest BCUT2D eigenvalue weighted by Crippen LogP contribution is -2.49. The van der Waals surface area contributed by atoms with Crippen LogP contribution in [0.1, 0.15) is 20.8 Å². The average Bonchev–Trinajstić information content (AvgIpc) is 2.59. The molecule has 0 bridgehead atoms. The highest BCUT2D eigenvalue weighted by Crippen LogP contribution is 2.18. The number of carbonyl (C=O) groups is 1. The van der Waals surface area contributed by atoms with Gasteiger partial charge in [-0.1, -0.05) is 30.3 Å². The van der Waals surface area contributed by atoms with Crippen molar-refractivity contribution >= 4 is 22.6 Å². The lowest BCUT2D eigenvalue weighted by molar-refractivity contribution is -0.923. The number of nitrogens with one attached hydrogen (secondary N) is 1. The van der Waals surface area contributed by atoms with Crippen LogP contribution in [0.15, 0.2) is 42.5 Å². The van der Waals surface area contributed by atoms with Gasteiger partial charge in [-0.05, 0) is 43.7 Å². The second-order valence-electron chi connectivity index (χ2n) is 5.84. The molecule has 0 aliphatic heterocycles. The molecule has 2 aromatic carbocycles. The summed E-state index contributed by atoms with van der Waals surface area (Å²) in [5.41, 5.74) is 0.760. The number of anilines is 1. The fourth-order valence-corrected chi connectivity index (χ4v) is 2.90. The summed E-state index contributed by atoms with van der Waals surface area (Å²) in [6.45, 7) is 11.0. The summed E-state index contributed by atoms with van der Waals surface area (Å²) in [5, 5.41) is 5.06. The van der Waals surface area contributed by atoms with Crippen LogP contribution in [0.2, 0.25) is 0 Å². The SMILES string of the molecule is CC[N+](CC)(CC)CCOC(=O)Nc1ccc2ccccc2c1. The maximum absolute atomic E-state index is 12.0. The van der Waals surface area contributed by atoms with Gasteiger partial charge in [-0.2, -0.15) is 0 Å². The van der Waals surface area contributed by atoms with Gasteiger partial charge in [-0.25, -0.2) is 4.79 Å². The van der Waals surface area contributed by atoms with E-state index in [1.54, 1.807) is 0 Å². The molecule has 4 nitrogen and oxygen atoms in total. The molecule has 0 heterocycles. The number of likely N-dealkylation sites (N-methyl/N-ethyl adjacent to an activating group) is 1. The van der Waals surface area contributed by atoms with E-state index in [2.05, 4.69) is 32.2 Å². The highest BCUT2D eigenvalue weighted by molar-refractivity contribution is 5.91. The molecule has 1 N–H and O–H groups in total. The van der Waals surface area contributed by atoms with E-state index in [-0.39, 0.29) is 6.09 Å². The number of carbonyl (C=O) groups excluding carboxylic acids is 1. The Labute approximate surface area is 138 Å². The molecule has 4 heteroatoms. The number of nitrogens with zero attached hydrogens (tertiary/aromatic N) is 1. The molecule has 124 valence electrons. The van der Waals surface area contributed by atoms with Crippen LogP contribution in [0.5, 0.6) is 0 Å². The van der Waals surface area contributed by atoms with Gasteiger partial charge in [0.05, 0.1) is 19.6 Å². The highest BCUT2D eigenvalue weighted by atomic mass is 16.5. The smallest absolute Gasteiger partial charge is 0.411 e. The molecule has 1 amide bonds. The van der Waals surface area contributed by atoms with Crippen LogP contribution in [0.25, 0.3) is 10.8 Å². The second kappa shape index (κ2) is 7.97. The van der Waals surface area contributed by atoms with Crippen LogP contribution in [0.4, 0.5) is 10.5 Å². The Balaban J connectivity index is 1.88. The summed E-state index contributed by atoms with van der Waals surface area (Å²) in [5.74, 6) is 0. The van der Waals surface area contributed by atoms with Crippen molar-refractivity contribution in [1.82, 2.24) is 0 Å². The minimum absolute atomic E-state index is 0.387. The normalized spacial score (nSPS) is 11.4. The van der Waals surface area contributed by atoms with Crippen LogP contribution in [0.3, 0.4) is 0 Å². The van der Waals surface area contributed by atoms with E-state index < -0.39 is 0 Å². The average molecular weight is 315 g/mol. The molecule has 0 aromatic heterocycles. The van der Waals surface area contributed by atoms with Crippen molar-refractivity contribution in [1.29, 1.82) is 0 Å². The van der Waals surface area contributed by atoms with E-state index in [9.17, 15) is 4.79 Å². The lowest BCUT2D eigenvalue weighted by Gasteiger charge is -2.35. The number of amides is 1. The van der Waals surface area contributed by atoms with Gasteiger partial charge in [-0.15, -0.1) is 0 Å². The summed E-state index contributed by atoms with van der Waals surface area (Å²) in [4.78, 5) is 12.0. The molecular weight excluding hydrogens is 288 g/mol. The molecule has 0 saturated carbocycles. The van der Waals surface area contributed by atoms with E-state index >= 15 is 0 Å². The maximum Gasteiger partial charge on any atom is 0.411 e. The van der Waals surface area contributed by atoms with Crippen molar-refractivity contribution in [3.8, 4) is 0 Å². The first kappa shape index (κ1) is 17.3. The Morgan fingerprint density at radius 3 is 2.30 bits per heavy atom. The van der Waals surface area contributed by atoms with Gasteiger partial charge in [0.2, 0.25) is 0 Å². The third-order valence-electron chi connectivity index (χ3n) is 4.81. The van der Waals surface area contributed by atoms with E-state index in [0.717, 1.165) is 47.1 Å². The predicted molar refractivity (Wildman–Crippen MR) is 95.7 cm³/mol. The van der Waals surface area contributed by atoms with Crippen LogP contribution >= 0.6 is 0 Å². The Hall–Kier alpha value is -2.07. The summed E-state index contributed by atoms with van der Waals surface area (Å²) in [6, 6.07) is 13.9. The molecule has 0 aliphatic carbocycles. The van der Waals surface area contributed by atoms with E-state index in [4.69, 9.17) is 4.74 Å². The summed E-state index contributed by atoms with van der Waals surface area (Å²) < 4.78 is 6.33. The van der Waals surface area contributed by atoms with Gasteiger partial charge < -0.3 is 9.22 Å². The minimum atomic E-state index is -0.387. The number of hydrogen-bond acceptors (Lipinski definition) is 2. The molecular formula is C19H27N2O2+. The quantitative estimate of drug-likeness (QED) is 0.775. The third-order valence-corrected chi connectivity index (χ3v) is 4.81. The van der Waals surface area contributed by atoms with Crippen molar-refractivity contribution in [2.24, 2.45) is 0 Å². The zero-order valence-electron chi connectivity index (χ0n) is 14.3. The number of hydrogen-bond donors (Lipinski definition) is 1. The van der Waals surface area contributed by atoms with E-state index in [0.29, 0.717) is 6.61 Å². The van der Waals surface area contributed by atoms with Crippen LogP contribution in [-0.4, -0.2) is 43.4 Å². The van der Waals surface area contributed by atoms with Crippen molar-refractivity contribution in [3.63, 3.8) is 0 Å². The first-order chi connectivity index (χ1) is 11.1. The minimum Gasteiger partial charge on any atom is -0.443 e. The number of ether oxygens (including phenoxy) is 1.